The molecule has 2 rings (SSSR count). The van der Waals surface area contributed by atoms with Gasteiger partial charge in [-0.1, -0.05) is 12.1 Å². The Bertz CT molecular complexity index is 448. The second-order valence-electron chi connectivity index (χ2n) is 5.07. The van der Waals surface area contributed by atoms with Crippen LogP contribution in [0.1, 0.15) is 25.8 Å². The van der Waals surface area contributed by atoms with Crippen LogP contribution in [-0.4, -0.2) is 35.8 Å². The number of carbonyl (C=O) groups excluding carboxylic acids is 1. The zero-order valence-corrected chi connectivity index (χ0v) is 12.6. The second-order valence-corrected chi connectivity index (χ2v) is 6.26. The number of rotatable bonds is 5. The number of methoxy groups -OCH3 is 1. The molecule has 1 aromatic carbocycles. The van der Waals surface area contributed by atoms with Gasteiger partial charge in [-0.15, -0.1) is 11.8 Å². The van der Waals surface area contributed by atoms with Gasteiger partial charge in [0.15, 0.2) is 0 Å². The quantitative estimate of drug-likeness (QED) is 0.830. The number of nitrogens with zero attached hydrogens (tertiary/aromatic N) is 1. The van der Waals surface area contributed by atoms with E-state index in [2.05, 4.69) is 19.9 Å². The summed E-state index contributed by atoms with van der Waals surface area (Å²) in [6.45, 7) is 5.05. The fourth-order valence-electron chi connectivity index (χ4n) is 2.30. The molecule has 1 heterocycles. The Hall–Kier alpha value is -1.16. The van der Waals surface area contributed by atoms with Gasteiger partial charge in [0.2, 0.25) is 5.91 Å². The smallest absolute Gasteiger partial charge is 0.235 e. The van der Waals surface area contributed by atoms with Crippen molar-refractivity contribution >= 4 is 17.7 Å². The maximum absolute atomic E-state index is 12.2. The minimum absolute atomic E-state index is 0.119. The average molecular weight is 279 g/mol. The molecule has 0 bridgehead atoms. The van der Waals surface area contributed by atoms with Gasteiger partial charge in [0.25, 0.3) is 0 Å². The molecule has 1 atom stereocenters. The van der Waals surface area contributed by atoms with Gasteiger partial charge in [-0.2, -0.15) is 0 Å². The van der Waals surface area contributed by atoms with Crippen LogP contribution in [0, 0.1) is 0 Å². The highest BCUT2D eigenvalue weighted by atomic mass is 32.2. The van der Waals surface area contributed by atoms with Gasteiger partial charge in [-0.3, -0.25) is 4.79 Å². The Balaban J connectivity index is 1.91. The van der Waals surface area contributed by atoms with Crippen LogP contribution in [0.25, 0.3) is 0 Å². The topological polar surface area (TPSA) is 29.5 Å². The van der Waals surface area contributed by atoms with Crippen molar-refractivity contribution in [2.24, 2.45) is 0 Å². The summed E-state index contributed by atoms with van der Waals surface area (Å²) in [7, 11) is 1.67. The summed E-state index contributed by atoms with van der Waals surface area (Å²) in [6, 6.07) is 8.36. The summed E-state index contributed by atoms with van der Waals surface area (Å²) >= 11 is 1.74. The van der Waals surface area contributed by atoms with Crippen LogP contribution in [0.3, 0.4) is 0 Å². The van der Waals surface area contributed by atoms with Crippen molar-refractivity contribution in [3.63, 3.8) is 0 Å². The Morgan fingerprint density at radius 2 is 2.26 bits per heavy atom. The average Bonchev–Trinajstić information content (AvgIpc) is 2.78. The van der Waals surface area contributed by atoms with Crippen LogP contribution in [0.2, 0.25) is 0 Å². The molecule has 0 saturated carbocycles. The van der Waals surface area contributed by atoms with Crippen LogP contribution in [-0.2, 0) is 10.5 Å². The summed E-state index contributed by atoms with van der Waals surface area (Å²) in [5.41, 5.74) is 1.21. The summed E-state index contributed by atoms with van der Waals surface area (Å²) < 4.78 is 5.21. The lowest BCUT2D eigenvalue weighted by Crippen LogP contribution is -2.34. The number of likely N-dealkylation sites (tertiary alicyclic amines) is 1. The largest absolute Gasteiger partial charge is 0.497 e. The minimum Gasteiger partial charge on any atom is -0.497 e. The predicted octanol–water partition coefficient (Wildman–Crippen LogP) is 2.94. The number of ether oxygens (including phenoxy) is 1. The van der Waals surface area contributed by atoms with Gasteiger partial charge >= 0.3 is 0 Å². The maximum atomic E-state index is 12.2. The van der Waals surface area contributed by atoms with E-state index in [1.165, 1.54) is 5.56 Å². The minimum atomic E-state index is 0.119. The first-order valence-corrected chi connectivity index (χ1v) is 7.71. The van der Waals surface area contributed by atoms with Crippen LogP contribution >= 0.6 is 11.8 Å². The number of carbonyl (C=O) groups is 1. The normalized spacial score (nSPS) is 19.3. The molecule has 0 radical (unpaired) electrons. The molecule has 1 amide bonds. The van der Waals surface area contributed by atoms with E-state index in [4.69, 9.17) is 4.74 Å². The zero-order valence-electron chi connectivity index (χ0n) is 11.8. The van der Waals surface area contributed by atoms with E-state index in [1.54, 1.807) is 18.9 Å². The Labute approximate surface area is 119 Å². The lowest BCUT2D eigenvalue weighted by Gasteiger charge is -2.20. The van der Waals surface area contributed by atoms with Crippen LogP contribution in [0.4, 0.5) is 0 Å². The van der Waals surface area contributed by atoms with Gasteiger partial charge < -0.3 is 9.64 Å². The number of amides is 1. The third-order valence-electron chi connectivity index (χ3n) is 3.40. The molecule has 1 aliphatic heterocycles. The molecule has 0 aliphatic carbocycles. The highest BCUT2D eigenvalue weighted by Gasteiger charge is 2.32. The molecule has 104 valence electrons. The Kier molecular flexibility index (Phi) is 4.75. The van der Waals surface area contributed by atoms with Gasteiger partial charge in [-0.25, -0.2) is 0 Å². The van der Waals surface area contributed by atoms with Gasteiger partial charge in [0.05, 0.1) is 12.4 Å². The molecule has 1 fully saturated rings. The molecular weight excluding hydrogens is 258 g/mol. The van der Waals surface area contributed by atoms with Crippen molar-refractivity contribution < 1.29 is 9.53 Å². The monoisotopic (exact) mass is 279 g/mol. The molecule has 0 spiro atoms. The molecule has 0 N–H and O–H groups in total. The lowest BCUT2D eigenvalue weighted by molar-refractivity contribution is -0.128. The summed E-state index contributed by atoms with van der Waals surface area (Å²) in [5, 5.41) is 0.119. The number of hydrogen-bond donors (Lipinski definition) is 0. The highest BCUT2D eigenvalue weighted by molar-refractivity contribution is 7.99. The van der Waals surface area contributed by atoms with Crippen LogP contribution in [0.5, 0.6) is 5.75 Å². The second kappa shape index (κ2) is 6.33. The standard InChI is InChI=1S/C15H21NO2S/c1-11(2)16-8-7-14(15(16)17)19-10-12-5-4-6-13(9-12)18-3/h4-6,9,11,14H,7-8,10H2,1-3H3. The number of hydrogen-bond acceptors (Lipinski definition) is 3. The fourth-order valence-corrected chi connectivity index (χ4v) is 3.42. The molecule has 1 aliphatic rings. The van der Waals surface area contributed by atoms with E-state index >= 15 is 0 Å². The summed E-state index contributed by atoms with van der Waals surface area (Å²) in [4.78, 5) is 14.1. The van der Waals surface area contributed by atoms with Crippen molar-refractivity contribution in [2.45, 2.75) is 37.3 Å². The fraction of sp³-hybridized carbons (Fsp3) is 0.533. The van der Waals surface area contributed by atoms with E-state index in [1.807, 2.05) is 23.1 Å². The third-order valence-corrected chi connectivity index (χ3v) is 4.74. The van der Waals surface area contributed by atoms with E-state index in [-0.39, 0.29) is 5.25 Å². The molecule has 3 nitrogen and oxygen atoms in total. The molecule has 1 unspecified atom stereocenters. The SMILES string of the molecule is COc1cccc(CSC2CCN(C(C)C)C2=O)c1. The van der Waals surface area contributed by atoms with E-state index in [0.29, 0.717) is 11.9 Å². The molecule has 19 heavy (non-hydrogen) atoms. The molecule has 1 saturated heterocycles. The number of benzene rings is 1. The summed E-state index contributed by atoms with van der Waals surface area (Å²) in [6.07, 6.45) is 0.964. The molecule has 1 aromatic rings. The van der Waals surface area contributed by atoms with E-state index in [0.717, 1.165) is 24.5 Å². The van der Waals surface area contributed by atoms with E-state index in [9.17, 15) is 4.79 Å². The first-order chi connectivity index (χ1) is 9.11. The Morgan fingerprint density at radius 3 is 2.89 bits per heavy atom. The predicted molar refractivity (Wildman–Crippen MR) is 79.5 cm³/mol. The first kappa shape index (κ1) is 14.3. The molecule has 4 heteroatoms. The van der Waals surface area contributed by atoms with Crippen LogP contribution < -0.4 is 4.74 Å². The van der Waals surface area contributed by atoms with Crippen molar-refractivity contribution in [3.8, 4) is 5.75 Å². The first-order valence-electron chi connectivity index (χ1n) is 6.67. The Morgan fingerprint density at radius 1 is 1.47 bits per heavy atom. The van der Waals surface area contributed by atoms with Gasteiger partial charge in [-0.05, 0) is 38.0 Å². The van der Waals surface area contributed by atoms with Gasteiger partial charge in [0.1, 0.15) is 5.75 Å². The van der Waals surface area contributed by atoms with E-state index < -0.39 is 0 Å². The maximum Gasteiger partial charge on any atom is 0.235 e. The molecular formula is C15H21NO2S. The lowest BCUT2D eigenvalue weighted by atomic mass is 10.2. The zero-order chi connectivity index (χ0) is 13.8. The van der Waals surface area contributed by atoms with Crippen LogP contribution in [0.15, 0.2) is 24.3 Å². The highest BCUT2D eigenvalue weighted by Crippen LogP contribution is 2.28. The van der Waals surface area contributed by atoms with Crippen molar-refractivity contribution in [1.82, 2.24) is 4.90 Å². The number of thioether (sulfide) groups is 1. The van der Waals surface area contributed by atoms with Crippen molar-refractivity contribution in [1.29, 1.82) is 0 Å². The molecule has 0 aromatic heterocycles. The van der Waals surface area contributed by atoms with Crippen molar-refractivity contribution in [2.75, 3.05) is 13.7 Å². The van der Waals surface area contributed by atoms with Crippen molar-refractivity contribution in [3.05, 3.63) is 29.8 Å². The summed E-state index contributed by atoms with van der Waals surface area (Å²) in [5.74, 6) is 2.03. The third kappa shape index (κ3) is 3.44. The van der Waals surface area contributed by atoms with Gasteiger partial charge in [0, 0.05) is 18.3 Å².